The SMILES string of the molecule is CN1CCC(NC(=O)[C@@H](Cc2ccc(Cl)cc2)NC(=O)Cc2ccc(Cl)cc2)CC1. The molecule has 0 aliphatic carbocycles. The maximum Gasteiger partial charge on any atom is 0.243 e. The Bertz CT molecular complexity index is 848. The quantitative estimate of drug-likeness (QED) is 0.682. The average Bonchev–Trinajstić information content (AvgIpc) is 2.72. The number of rotatable bonds is 7. The zero-order valence-electron chi connectivity index (χ0n) is 17.0. The summed E-state index contributed by atoms with van der Waals surface area (Å²) in [4.78, 5) is 27.9. The first kappa shape index (κ1) is 22.6. The van der Waals surface area contributed by atoms with Crippen LogP contribution in [0.4, 0.5) is 0 Å². The third-order valence-electron chi connectivity index (χ3n) is 5.35. The van der Waals surface area contributed by atoms with E-state index in [2.05, 4.69) is 22.6 Å². The zero-order chi connectivity index (χ0) is 21.5. The summed E-state index contributed by atoms with van der Waals surface area (Å²) in [5.74, 6) is -0.348. The highest BCUT2D eigenvalue weighted by atomic mass is 35.5. The first-order chi connectivity index (χ1) is 14.4. The number of halogens is 2. The van der Waals surface area contributed by atoms with Gasteiger partial charge in [0.15, 0.2) is 0 Å². The normalized spacial score (nSPS) is 16.1. The predicted octanol–water partition coefficient (Wildman–Crippen LogP) is 3.47. The Morgan fingerprint density at radius 1 is 0.967 bits per heavy atom. The minimum Gasteiger partial charge on any atom is -0.351 e. The Kier molecular flexibility index (Phi) is 8.14. The zero-order valence-corrected chi connectivity index (χ0v) is 18.5. The van der Waals surface area contributed by atoms with Gasteiger partial charge in [-0.15, -0.1) is 0 Å². The van der Waals surface area contributed by atoms with Crippen molar-refractivity contribution >= 4 is 35.0 Å². The summed E-state index contributed by atoms with van der Waals surface area (Å²) in [6.45, 7) is 1.91. The van der Waals surface area contributed by atoms with Gasteiger partial charge in [-0.25, -0.2) is 0 Å². The summed E-state index contributed by atoms with van der Waals surface area (Å²) in [5.41, 5.74) is 1.78. The molecule has 2 aromatic carbocycles. The number of benzene rings is 2. The molecule has 0 unspecified atom stereocenters. The Hall–Kier alpha value is -2.08. The van der Waals surface area contributed by atoms with Gasteiger partial charge >= 0.3 is 0 Å². The van der Waals surface area contributed by atoms with Gasteiger partial charge in [0.2, 0.25) is 11.8 Å². The van der Waals surface area contributed by atoms with Crippen LogP contribution in [0, 0.1) is 0 Å². The molecule has 0 bridgehead atoms. The van der Waals surface area contributed by atoms with Gasteiger partial charge in [-0.05, 0) is 68.4 Å². The van der Waals surface area contributed by atoms with E-state index >= 15 is 0 Å². The van der Waals surface area contributed by atoms with Crippen LogP contribution in [0.3, 0.4) is 0 Å². The van der Waals surface area contributed by atoms with Crippen LogP contribution < -0.4 is 10.6 Å². The molecule has 0 radical (unpaired) electrons. The molecule has 30 heavy (non-hydrogen) atoms. The van der Waals surface area contributed by atoms with Crippen molar-refractivity contribution in [3.05, 3.63) is 69.7 Å². The number of hydrogen-bond acceptors (Lipinski definition) is 3. The molecule has 7 heteroatoms. The van der Waals surface area contributed by atoms with Crippen molar-refractivity contribution in [3.63, 3.8) is 0 Å². The summed E-state index contributed by atoms with van der Waals surface area (Å²) < 4.78 is 0. The number of hydrogen-bond donors (Lipinski definition) is 2. The number of likely N-dealkylation sites (tertiary alicyclic amines) is 1. The Morgan fingerprint density at radius 2 is 1.50 bits per heavy atom. The van der Waals surface area contributed by atoms with Gasteiger partial charge in [-0.2, -0.15) is 0 Å². The van der Waals surface area contributed by atoms with Crippen molar-refractivity contribution < 1.29 is 9.59 Å². The molecule has 2 aromatic rings. The van der Waals surface area contributed by atoms with Gasteiger partial charge in [0.1, 0.15) is 6.04 Å². The van der Waals surface area contributed by atoms with Crippen molar-refractivity contribution in [2.75, 3.05) is 20.1 Å². The Balaban J connectivity index is 1.65. The lowest BCUT2D eigenvalue weighted by molar-refractivity contribution is -0.129. The molecule has 1 fully saturated rings. The summed E-state index contributed by atoms with van der Waals surface area (Å²) >= 11 is 11.9. The fourth-order valence-electron chi connectivity index (χ4n) is 3.55. The van der Waals surface area contributed by atoms with Crippen LogP contribution in [-0.4, -0.2) is 48.9 Å². The number of nitrogens with one attached hydrogen (secondary N) is 2. The maximum atomic E-state index is 13.0. The lowest BCUT2D eigenvalue weighted by atomic mass is 10.0. The number of carbonyl (C=O) groups is 2. The van der Waals surface area contributed by atoms with E-state index in [4.69, 9.17) is 23.2 Å². The van der Waals surface area contributed by atoms with E-state index in [-0.39, 0.29) is 24.3 Å². The highest BCUT2D eigenvalue weighted by Gasteiger charge is 2.25. The van der Waals surface area contributed by atoms with E-state index < -0.39 is 6.04 Å². The maximum absolute atomic E-state index is 13.0. The smallest absolute Gasteiger partial charge is 0.243 e. The topological polar surface area (TPSA) is 61.4 Å². The van der Waals surface area contributed by atoms with E-state index in [1.165, 1.54) is 0 Å². The molecule has 1 saturated heterocycles. The molecule has 3 rings (SSSR count). The van der Waals surface area contributed by atoms with Crippen molar-refractivity contribution in [2.24, 2.45) is 0 Å². The molecule has 0 saturated carbocycles. The summed E-state index contributed by atoms with van der Waals surface area (Å²) in [6, 6.07) is 14.0. The van der Waals surface area contributed by atoms with Crippen molar-refractivity contribution in [1.29, 1.82) is 0 Å². The van der Waals surface area contributed by atoms with Crippen molar-refractivity contribution in [3.8, 4) is 0 Å². The van der Waals surface area contributed by atoms with Gasteiger partial charge in [0.25, 0.3) is 0 Å². The first-order valence-corrected chi connectivity index (χ1v) is 10.9. The van der Waals surface area contributed by atoms with Gasteiger partial charge < -0.3 is 15.5 Å². The van der Waals surface area contributed by atoms with Crippen LogP contribution in [0.1, 0.15) is 24.0 Å². The summed E-state index contributed by atoms with van der Waals surface area (Å²) in [6.07, 6.45) is 2.42. The number of nitrogens with zero attached hydrogens (tertiary/aromatic N) is 1. The third kappa shape index (κ3) is 7.01. The monoisotopic (exact) mass is 447 g/mol. The second-order valence-corrected chi connectivity index (χ2v) is 8.71. The second-order valence-electron chi connectivity index (χ2n) is 7.84. The Morgan fingerprint density at radius 3 is 2.07 bits per heavy atom. The van der Waals surface area contributed by atoms with Crippen LogP contribution in [-0.2, 0) is 22.4 Å². The summed E-state index contributed by atoms with van der Waals surface area (Å²) in [5, 5.41) is 7.30. The average molecular weight is 448 g/mol. The number of amides is 2. The lowest BCUT2D eigenvalue weighted by Crippen LogP contribution is -2.52. The van der Waals surface area contributed by atoms with Crippen LogP contribution in [0.5, 0.6) is 0 Å². The van der Waals surface area contributed by atoms with Crippen LogP contribution in [0.2, 0.25) is 10.0 Å². The largest absolute Gasteiger partial charge is 0.351 e. The lowest BCUT2D eigenvalue weighted by Gasteiger charge is -2.30. The molecule has 2 amide bonds. The Labute approximate surface area is 187 Å². The molecule has 1 heterocycles. The minimum atomic E-state index is -0.648. The standard InChI is InChI=1S/C23H27Cl2N3O2/c1-28-12-10-20(11-13-28)26-23(30)21(14-16-2-6-18(24)7-3-16)27-22(29)15-17-4-8-19(25)9-5-17/h2-9,20-21H,10-15H2,1H3,(H,26,30)(H,27,29)/t21-/m1/s1. The summed E-state index contributed by atoms with van der Waals surface area (Å²) in [7, 11) is 2.08. The van der Waals surface area contributed by atoms with Crippen LogP contribution >= 0.6 is 23.2 Å². The first-order valence-electron chi connectivity index (χ1n) is 10.2. The molecule has 0 spiro atoms. The predicted molar refractivity (Wildman–Crippen MR) is 121 cm³/mol. The van der Waals surface area contributed by atoms with E-state index in [1.807, 2.05) is 24.3 Å². The number of carbonyl (C=O) groups excluding carboxylic acids is 2. The van der Waals surface area contributed by atoms with Crippen molar-refractivity contribution in [2.45, 2.75) is 37.8 Å². The van der Waals surface area contributed by atoms with Crippen LogP contribution in [0.25, 0.3) is 0 Å². The molecule has 0 aromatic heterocycles. The van der Waals surface area contributed by atoms with E-state index in [1.54, 1.807) is 24.3 Å². The molecule has 160 valence electrons. The molecule has 2 N–H and O–H groups in total. The van der Waals surface area contributed by atoms with Gasteiger partial charge in [0.05, 0.1) is 6.42 Å². The molecule has 5 nitrogen and oxygen atoms in total. The van der Waals surface area contributed by atoms with Crippen LogP contribution in [0.15, 0.2) is 48.5 Å². The molecular weight excluding hydrogens is 421 g/mol. The number of piperidine rings is 1. The highest BCUT2D eigenvalue weighted by molar-refractivity contribution is 6.30. The molecule has 1 aliphatic heterocycles. The fourth-order valence-corrected chi connectivity index (χ4v) is 3.81. The van der Waals surface area contributed by atoms with Crippen molar-refractivity contribution in [1.82, 2.24) is 15.5 Å². The van der Waals surface area contributed by atoms with E-state index in [9.17, 15) is 9.59 Å². The van der Waals surface area contributed by atoms with Gasteiger partial charge in [-0.1, -0.05) is 47.5 Å². The third-order valence-corrected chi connectivity index (χ3v) is 5.85. The van der Waals surface area contributed by atoms with E-state index in [0.29, 0.717) is 16.5 Å². The molecular formula is C23H27Cl2N3O2. The second kappa shape index (κ2) is 10.8. The molecule has 1 aliphatic rings. The van der Waals surface area contributed by atoms with Gasteiger partial charge in [-0.3, -0.25) is 9.59 Å². The molecule has 1 atom stereocenters. The van der Waals surface area contributed by atoms with Gasteiger partial charge in [0, 0.05) is 22.5 Å². The highest BCUT2D eigenvalue weighted by Crippen LogP contribution is 2.14. The van der Waals surface area contributed by atoms with E-state index in [0.717, 1.165) is 37.1 Å². The fraction of sp³-hybridized carbons (Fsp3) is 0.391. The minimum absolute atomic E-state index is 0.134.